The fraction of sp³-hybridized carbons (Fsp3) is 0.538. The monoisotopic (exact) mass is 218 g/mol. The van der Waals surface area contributed by atoms with Crippen molar-refractivity contribution in [3.63, 3.8) is 0 Å². The van der Waals surface area contributed by atoms with Gasteiger partial charge >= 0.3 is 0 Å². The molecule has 1 aromatic heterocycles. The van der Waals surface area contributed by atoms with E-state index in [2.05, 4.69) is 11.9 Å². The molecule has 2 rings (SSSR count). The molecule has 0 bridgehead atoms. The molecule has 0 aliphatic carbocycles. The van der Waals surface area contributed by atoms with Gasteiger partial charge in [-0.05, 0) is 30.4 Å². The molecule has 1 aromatic rings. The molecular formula is C13H18N2O. The third-order valence-corrected chi connectivity index (χ3v) is 3.09. The Kier molecular flexibility index (Phi) is 3.54. The lowest BCUT2D eigenvalue weighted by atomic mass is 10.00. The Morgan fingerprint density at radius 1 is 1.62 bits per heavy atom. The summed E-state index contributed by atoms with van der Waals surface area (Å²) in [7, 11) is 0. The van der Waals surface area contributed by atoms with Crippen molar-refractivity contribution in [1.29, 1.82) is 0 Å². The standard InChI is InChI=1S/C13H18N2O/c1-11-4-3-7-15(10-11)13(16)8-12-5-2-6-14-9-12/h2,5-6,9,11H,3-4,7-8,10H2,1H3. The van der Waals surface area contributed by atoms with Crippen LogP contribution < -0.4 is 0 Å². The largest absolute Gasteiger partial charge is 0.342 e. The number of aromatic nitrogens is 1. The summed E-state index contributed by atoms with van der Waals surface area (Å²) in [4.78, 5) is 18.0. The third kappa shape index (κ3) is 2.81. The molecule has 1 aliphatic rings. The lowest BCUT2D eigenvalue weighted by molar-refractivity contribution is -0.132. The van der Waals surface area contributed by atoms with E-state index >= 15 is 0 Å². The predicted molar refractivity (Wildman–Crippen MR) is 62.9 cm³/mol. The summed E-state index contributed by atoms with van der Waals surface area (Å²) in [6, 6.07) is 3.83. The van der Waals surface area contributed by atoms with Crippen LogP contribution in [0.4, 0.5) is 0 Å². The SMILES string of the molecule is CC1CCCN(C(=O)Cc2cccnc2)C1. The number of amides is 1. The normalized spacial score (nSPS) is 20.8. The molecule has 16 heavy (non-hydrogen) atoms. The van der Waals surface area contributed by atoms with E-state index in [1.807, 2.05) is 17.0 Å². The highest BCUT2D eigenvalue weighted by Crippen LogP contribution is 2.16. The molecule has 0 N–H and O–H groups in total. The van der Waals surface area contributed by atoms with Gasteiger partial charge in [0.2, 0.25) is 5.91 Å². The van der Waals surface area contributed by atoms with E-state index in [1.54, 1.807) is 12.4 Å². The molecular weight excluding hydrogens is 200 g/mol. The molecule has 0 saturated carbocycles. The molecule has 1 saturated heterocycles. The highest BCUT2D eigenvalue weighted by atomic mass is 16.2. The van der Waals surface area contributed by atoms with E-state index < -0.39 is 0 Å². The van der Waals surface area contributed by atoms with Gasteiger partial charge in [-0.2, -0.15) is 0 Å². The minimum Gasteiger partial charge on any atom is -0.342 e. The van der Waals surface area contributed by atoms with Crippen LogP contribution in [-0.4, -0.2) is 28.9 Å². The zero-order valence-corrected chi connectivity index (χ0v) is 9.72. The smallest absolute Gasteiger partial charge is 0.227 e. The third-order valence-electron chi connectivity index (χ3n) is 3.09. The molecule has 86 valence electrons. The summed E-state index contributed by atoms with van der Waals surface area (Å²) >= 11 is 0. The number of pyridine rings is 1. The minimum atomic E-state index is 0.236. The zero-order valence-electron chi connectivity index (χ0n) is 9.72. The second-order valence-electron chi connectivity index (χ2n) is 4.63. The van der Waals surface area contributed by atoms with Crippen LogP contribution in [0.25, 0.3) is 0 Å². The van der Waals surface area contributed by atoms with Gasteiger partial charge in [0.05, 0.1) is 6.42 Å². The number of hydrogen-bond donors (Lipinski definition) is 0. The van der Waals surface area contributed by atoms with Gasteiger partial charge in [0.25, 0.3) is 0 Å². The van der Waals surface area contributed by atoms with Crippen LogP contribution in [0.15, 0.2) is 24.5 Å². The molecule has 3 nitrogen and oxygen atoms in total. The summed E-state index contributed by atoms with van der Waals surface area (Å²) in [6.45, 7) is 4.05. The Labute approximate surface area is 96.5 Å². The van der Waals surface area contributed by atoms with Gasteiger partial charge in [-0.1, -0.05) is 13.0 Å². The number of likely N-dealkylation sites (tertiary alicyclic amines) is 1. The zero-order chi connectivity index (χ0) is 11.4. The molecule has 1 aliphatic heterocycles. The van der Waals surface area contributed by atoms with E-state index in [4.69, 9.17) is 0 Å². The topological polar surface area (TPSA) is 33.2 Å². The molecule has 1 fully saturated rings. The average Bonchev–Trinajstić information content (AvgIpc) is 2.30. The molecule has 2 heterocycles. The molecule has 0 radical (unpaired) electrons. The molecule has 0 spiro atoms. The van der Waals surface area contributed by atoms with Gasteiger partial charge in [-0.15, -0.1) is 0 Å². The molecule has 1 amide bonds. The summed E-state index contributed by atoms with van der Waals surface area (Å²) in [5.41, 5.74) is 1.01. The lowest BCUT2D eigenvalue weighted by Gasteiger charge is -2.31. The lowest BCUT2D eigenvalue weighted by Crippen LogP contribution is -2.39. The van der Waals surface area contributed by atoms with E-state index in [9.17, 15) is 4.79 Å². The van der Waals surface area contributed by atoms with Gasteiger partial charge in [0.15, 0.2) is 0 Å². The van der Waals surface area contributed by atoms with Crippen molar-refractivity contribution >= 4 is 5.91 Å². The Morgan fingerprint density at radius 3 is 3.19 bits per heavy atom. The van der Waals surface area contributed by atoms with Gasteiger partial charge in [0.1, 0.15) is 0 Å². The quantitative estimate of drug-likeness (QED) is 0.759. The Bertz CT molecular complexity index is 350. The first-order valence-electron chi connectivity index (χ1n) is 5.92. The average molecular weight is 218 g/mol. The van der Waals surface area contributed by atoms with E-state index in [0.717, 1.165) is 25.1 Å². The van der Waals surface area contributed by atoms with Crippen molar-refractivity contribution in [1.82, 2.24) is 9.88 Å². The number of carbonyl (C=O) groups excluding carboxylic acids is 1. The summed E-state index contributed by atoms with van der Waals surface area (Å²) in [5.74, 6) is 0.881. The van der Waals surface area contributed by atoms with Crippen LogP contribution in [0, 0.1) is 5.92 Å². The van der Waals surface area contributed by atoms with Gasteiger partial charge in [-0.25, -0.2) is 0 Å². The fourth-order valence-corrected chi connectivity index (χ4v) is 2.21. The molecule has 1 atom stereocenters. The molecule has 3 heteroatoms. The Morgan fingerprint density at radius 2 is 2.50 bits per heavy atom. The van der Waals surface area contributed by atoms with Crippen molar-refractivity contribution in [3.8, 4) is 0 Å². The summed E-state index contributed by atoms with van der Waals surface area (Å²) in [6.07, 6.45) is 6.37. The fourth-order valence-electron chi connectivity index (χ4n) is 2.21. The molecule has 0 aromatic carbocycles. The van der Waals surface area contributed by atoms with Gasteiger partial charge in [-0.3, -0.25) is 9.78 Å². The number of hydrogen-bond acceptors (Lipinski definition) is 2. The maximum atomic E-state index is 12.0. The van der Waals surface area contributed by atoms with E-state index in [1.165, 1.54) is 6.42 Å². The first-order valence-corrected chi connectivity index (χ1v) is 5.92. The van der Waals surface area contributed by atoms with Crippen LogP contribution in [-0.2, 0) is 11.2 Å². The number of nitrogens with zero attached hydrogens (tertiary/aromatic N) is 2. The van der Waals surface area contributed by atoms with Crippen molar-refractivity contribution in [2.24, 2.45) is 5.92 Å². The van der Waals surface area contributed by atoms with Crippen LogP contribution in [0.1, 0.15) is 25.3 Å². The maximum Gasteiger partial charge on any atom is 0.227 e. The molecule has 1 unspecified atom stereocenters. The first-order chi connectivity index (χ1) is 7.75. The van der Waals surface area contributed by atoms with Crippen molar-refractivity contribution in [2.45, 2.75) is 26.2 Å². The maximum absolute atomic E-state index is 12.0. The van der Waals surface area contributed by atoms with E-state index in [0.29, 0.717) is 12.3 Å². The summed E-state index contributed by atoms with van der Waals surface area (Å²) < 4.78 is 0. The van der Waals surface area contributed by atoms with Crippen molar-refractivity contribution in [2.75, 3.05) is 13.1 Å². The number of carbonyl (C=O) groups is 1. The Balaban J connectivity index is 1.93. The van der Waals surface area contributed by atoms with E-state index in [-0.39, 0.29) is 5.91 Å². The number of piperidine rings is 1. The van der Waals surface area contributed by atoms with Crippen LogP contribution in [0.5, 0.6) is 0 Å². The summed E-state index contributed by atoms with van der Waals surface area (Å²) in [5, 5.41) is 0. The highest BCUT2D eigenvalue weighted by Gasteiger charge is 2.20. The highest BCUT2D eigenvalue weighted by molar-refractivity contribution is 5.78. The first kappa shape index (κ1) is 11.1. The Hall–Kier alpha value is -1.38. The van der Waals surface area contributed by atoms with Gasteiger partial charge < -0.3 is 4.90 Å². The van der Waals surface area contributed by atoms with Crippen LogP contribution >= 0.6 is 0 Å². The second-order valence-corrected chi connectivity index (χ2v) is 4.63. The van der Waals surface area contributed by atoms with Crippen LogP contribution in [0.2, 0.25) is 0 Å². The van der Waals surface area contributed by atoms with Crippen molar-refractivity contribution < 1.29 is 4.79 Å². The van der Waals surface area contributed by atoms with Gasteiger partial charge in [0, 0.05) is 25.5 Å². The van der Waals surface area contributed by atoms with Crippen LogP contribution in [0.3, 0.4) is 0 Å². The van der Waals surface area contributed by atoms with Crippen molar-refractivity contribution in [3.05, 3.63) is 30.1 Å². The number of rotatable bonds is 2. The minimum absolute atomic E-state index is 0.236. The predicted octanol–water partition coefficient (Wildman–Crippen LogP) is 1.88. The second kappa shape index (κ2) is 5.10.